The third-order valence-electron chi connectivity index (χ3n) is 4.98. The van der Waals surface area contributed by atoms with Crippen molar-refractivity contribution in [3.05, 3.63) is 0 Å². The molecule has 1 nitrogen and oxygen atoms in total. The summed E-state index contributed by atoms with van der Waals surface area (Å²) in [5, 5.41) is 0. The van der Waals surface area contributed by atoms with Crippen molar-refractivity contribution >= 4 is 74.4 Å². The van der Waals surface area contributed by atoms with Gasteiger partial charge in [0.2, 0.25) is 4.45 Å². The second-order valence-electron chi connectivity index (χ2n) is 6.13. The maximum absolute atomic E-state index is 11.9. The first-order chi connectivity index (χ1) is 9.18. The Kier molecular flexibility index (Phi) is 5.87. The topological polar surface area (TPSA) is 17.1 Å². The van der Waals surface area contributed by atoms with Gasteiger partial charge in [0, 0.05) is 5.75 Å². The molecule has 2 saturated carbocycles. The fraction of sp³-hybridized carbons (Fsp3) is 0.923. The lowest BCUT2D eigenvalue weighted by atomic mass is 9.69. The Bertz CT molecular complexity index is 391. The predicted octanol–water partition coefficient (Wildman–Crippen LogP) is 6.38. The van der Waals surface area contributed by atoms with Crippen LogP contribution in [0.15, 0.2) is 0 Å². The van der Waals surface area contributed by atoms with Gasteiger partial charge in [-0.3, -0.25) is 4.79 Å². The zero-order chi connectivity index (χ0) is 15.1. The van der Waals surface area contributed by atoms with Gasteiger partial charge >= 0.3 is 0 Å². The lowest BCUT2D eigenvalue weighted by molar-refractivity contribution is 0.164. The van der Waals surface area contributed by atoms with Crippen molar-refractivity contribution in [3.63, 3.8) is 0 Å². The Balaban J connectivity index is 1.92. The minimum atomic E-state index is -0.755. The van der Waals surface area contributed by atoms with Gasteiger partial charge in [0.25, 0.3) is 0 Å². The number of carbonyl (C=O) groups is 1. The van der Waals surface area contributed by atoms with Gasteiger partial charge in [-0.05, 0) is 36.5 Å². The van der Waals surface area contributed by atoms with Crippen molar-refractivity contribution in [2.24, 2.45) is 17.3 Å². The SMILES string of the molecule is CC1(C)[C@H]2CC[C@H](C2)[C@]1(Cl)CSC(=O)S[C@H](Cl)C(Cl)Cl. The van der Waals surface area contributed by atoms with Gasteiger partial charge in [-0.15, -0.1) is 46.4 Å². The summed E-state index contributed by atoms with van der Waals surface area (Å²) < 4.78 is -0.674. The molecule has 2 bridgehead atoms. The third-order valence-corrected chi connectivity index (χ3v) is 9.81. The second kappa shape index (κ2) is 6.57. The molecule has 0 radical (unpaired) electrons. The van der Waals surface area contributed by atoms with Crippen LogP contribution >= 0.6 is 69.9 Å². The van der Waals surface area contributed by atoms with Gasteiger partial charge < -0.3 is 0 Å². The number of hydrogen-bond acceptors (Lipinski definition) is 3. The van der Waals surface area contributed by atoms with Crippen LogP contribution in [0.1, 0.15) is 33.1 Å². The fourth-order valence-electron chi connectivity index (χ4n) is 3.56. The van der Waals surface area contributed by atoms with Crippen LogP contribution in [-0.2, 0) is 0 Å². The minimum Gasteiger partial charge on any atom is -0.274 e. The summed E-state index contributed by atoms with van der Waals surface area (Å²) in [4.78, 5) is 10.9. The molecular formula is C13H18Cl4OS2. The van der Waals surface area contributed by atoms with Crippen LogP contribution in [0.4, 0.5) is 4.79 Å². The lowest BCUT2D eigenvalue weighted by Crippen LogP contribution is -2.46. The van der Waals surface area contributed by atoms with Crippen LogP contribution in [0.3, 0.4) is 0 Å². The molecule has 20 heavy (non-hydrogen) atoms. The maximum Gasteiger partial charge on any atom is 0.247 e. The summed E-state index contributed by atoms with van der Waals surface area (Å²) in [6.07, 6.45) is 3.65. The van der Waals surface area contributed by atoms with Crippen LogP contribution in [-0.4, -0.2) is 24.6 Å². The number of fused-ring (bicyclic) bond motifs is 2. The van der Waals surface area contributed by atoms with Crippen molar-refractivity contribution in [1.82, 2.24) is 0 Å². The molecule has 2 fully saturated rings. The Morgan fingerprint density at radius 1 is 1.25 bits per heavy atom. The van der Waals surface area contributed by atoms with Crippen molar-refractivity contribution in [2.75, 3.05) is 5.75 Å². The summed E-state index contributed by atoms with van der Waals surface area (Å²) in [7, 11) is 0. The quantitative estimate of drug-likeness (QED) is 0.514. The second-order valence-corrected chi connectivity index (χ2v) is 11.0. The first-order valence-electron chi connectivity index (χ1n) is 6.63. The molecule has 4 atom stereocenters. The van der Waals surface area contributed by atoms with Gasteiger partial charge in [0.1, 0.15) is 9.55 Å². The summed E-state index contributed by atoms with van der Waals surface area (Å²) in [5.41, 5.74) is 0.0806. The molecule has 0 N–H and O–H groups in total. The van der Waals surface area contributed by atoms with Crippen molar-refractivity contribution < 1.29 is 4.79 Å². The van der Waals surface area contributed by atoms with E-state index in [0.29, 0.717) is 17.6 Å². The summed E-state index contributed by atoms with van der Waals surface area (Å²) >= 11 is 26.4. The molecule has 7 heteroatoms. The number of carbonyl (C=O) groups excluding carboxylic acids is 1. The molecule has 0 aromatic heterocycles. The zero-order valence-corrected chi connectivity index (χ0v) is 16.0. The van der Waals surface area contributed by atoms with Gasteiger partial charge in [-0.25, -0.2) is 0 Å². The molecule has 116 valence electrons. The van der Waals surface area contributed by atoms with E-state index in [1.54, 1.807) is 0 Å². The van der Waals surface area contributed by atoms with Gasteiger partial charge in [0.15, 0.2) is 0 Å². The fourth-order valence-corrected chi connectivity index (χ4v) is 6.77. The van der Waals surface area contributed by atoms with Crippen LogP contribution in [0.5, 0.6) is 0 Å². The first-order valence-corrected chi connectivity index (χ1v) is 10.2. The smallest absolute Gasteiger partial charge is 0.247 e. The summed E-state index contributed by atoms with van der Waals surface area (Å²) in [6.45, 7) is 4.47. The van der Waals surface area contributed by atoms with E-state index < -0.39 is 9.55 Å². The average Bonchev–Trinajstić information content (AvgIpc) is 2.90. The van der Waals surface area contributed by atoms with Crippen LogP contribution < -0.4 is 0 Å². The van der Waals surface area contributed by atoms with E-state index in [-0.39, 0.29) is 14.7 Å². The van der Waals surface area contributed by atoms with Gasteiger partial charge in [0.05, 0.1) is 4.87 Å². The van der Waals surface area contributed by atoms with E-state index in [1.165, 1.54) is 31.0 Å². The Morgan fingerprint density at radius 2 is 1.85 bits per heavy atom. The highest BCUT2D eigenvalue weighted by Gasteiger charge is 2.61. The maximum atomic E-state index is 11.9. The van der Waals surface area contributed by atoms with Crippen molar-refractivity contribution in [2.45, 2.75) is 47.5 Å². The summed E-state index contributed by atoms with van der Waals surface area (Å²) in [6, 6.07) is 0. The van der Waals surface area contributed by atoms with E-state index in [2.05, 4.69) is 13.8 Å². The standard InChI is InChI=1S/C13H18Cl4OS2/c1-12(2)7-3-4-8(5-7)13(12,17)6-19-11(18)20-10(16)9(14)15/h7-10H,3-6H2,1-2H3/t7-,8+,10-,13+/m0/s1. The molecule has 0 spiro atoms. The number of halogens is 4. The molecule has 2 aliphatic carbocycles. The third kappa shape index (κ3) is 3.23. The Labute approximate surface area is 149 Å². The van der Waals surface area contributed by atoms with Crippen molar-refractivity contribution in [3.8, 4) is 0 Å². The highest BCUT2D eigenvalue weighted by Crippen LogP contribution is 2.65. The Morgan fingerprint density at radius 3 is 2.35 bits per heavy atom. The highest BCUT2D eigenvalue weighted by atomic mass is 35.5. The number of alkyl halides is 4. The van der Waals surface area contributed by atoms with Crippen molar-refractivity contribution in [1.29, 1.82) is 0 Å². The molecule has 0 saturated heterocycles. The number of thioether (sulfide) groups is 2. The van der Waals surface area contributed by atoms with Gasteiger partial charge in [-0.1, -0.05) is 37.4 Å². The molecular weight excluding hydrogens is 378 g/mol. The molecule has 0 aliphatic heterocycles. The molecule has 0 aromatic rings. The summed E-state index contributed by atoms with van der Waals surface area (Å²) in [5.74, 6) is 1.84. The molecule has 0 amide bonds. The lowest BCUT2D eigenvalue weighted by Gasteiger charge is -2.45. The van der Waals surface area contributed by atoms with E-state index in [0.717, 1.165) is 11.8 Å². The first kappa shape index (κ1) is 17.9. The largest absolute Gasteiger partial charge is 0.274 e. The molecule has 0 aromatic carbocycles. The van der Waals surface area contributed by atoms with E-state index >= 15 is 0 Å². The molecule has 2 rings (SSSR count). The van der Waals surface area contributed by atoms with E-state index in [1.807, 2.05) is 0 Å². The number of hydrogen-bond donors (Lipinski definition) is 0. The van der Waals surface area contributed by atoms with Crippen LogP contribution in [0.25, 0.3) is 0 Å². The molecule has 0 heterocycles. The van der Waals surface area contributed by atoms with E-state index in [4.69, 9.17) is 46.4 Å². The van der Waals surface area contributed by atoms with E-state index in [9.17, 15) is 4.79 Å². The average molecular weight is 396 g/mol. The predicted molar refractivity (Wildman–Crippen MR) is 93.8 cm³/mol. The zero-order valence-electron chi connectivity index (χ0n) is 11.4. The normalized spacial score (nSPS) is 36.5. The molecule has 2 aliphatic rings. The number of rotatable bonds is 4. The van der Waals surface area contributed by atoms with Crippen LogP contribution in [0.2, 0.25) is 0 Å². The Hall–Kier alpha value is 1.53. The molecule has 0 unspecified atom stereocenters. The van der Waals surface area contributed by atoms with Gasteiger partial charge in [-0.2, -0.15) is 0 Å². The highest BCUT2D eigenvalue weighted by molar-refractivity contribution is 8.39. The van der Waals surface area contributed by atoms with Crippen LogP contribution in [0, 0.1) is 17.3 Å². The monoisotopic (exact) mass is 394 g/mol. The minimum absolute atomic E-state index is 0.0603.